The second kappa shape index (κ2) is 6.22. The van der Waals surface area contributed by atoms with Crippen molar-refractivity contribution in [3.63, 3.8) is 0 Å². The lowest BCUT2D eigenvalue weighted by Gasteiger charge is -2.34. The first kappa shape index (κ1) is 16.4. The van der Waals surface area contributed by atoms with Gasteiger partial charge in [-0.05, 0) is 37.0 Å². The van der Waals surface area contributed by atoms with Gasteiger partial charge in [0.05, 0.1) is 4.90 Å². The Hall–Kier alpha value is -1.44. The van der Waals surface area contributed by atoms with Gasteiger partial charge in [0.2, 0.25) is 15.9 Å². The average Bonchev–Trinajstić information content (AvgIpc) is 2.98. The normalized spacial score (nSPS) is 22.2. The Bertz CT molecular complexity index is 717. The van der Waals surface area contributed by atoms with E-state index in [1.807, 2.05) is 6.07 Å². The number of rotatable bonds is 3. The van der Waals surface area contributed by atoms with E-state index in [9.17, 15) is 13.2 Å². The van der Waals surface area contributed by atoms with Gasteiger partial charge in [-0.1, -0.05) is 12.5 Å². The third-order valence-corrected chi connectivity index (χ3v) is 6.73. The van der Waals surface area contributed by atoms with E-state index in [0.717, 1.165) is 36.9 Å². The molecule has 0 bridgehead atoms. The lowest BCUT2D eigenvalue weighted by atomic mass is 10.1. The number of nitrogens with zero attached hydrogens (tertiary/aromatic N) is 2. The molecule has 126 valence electrons. The molecule has 0 unspecified atom stereocenters. The summed E-state index contributed by atoms with van der Waals surface area (Å²) < 4.78 is 27.5. The Morgan fingerprint density at radius 2 is 2.09 bits per heavy atom. The number of hydrogen-bond donors (Lipinski definition) is 1. The highest BCUT2D eigenvalue weighted by atomic mass is 32.2. The van der Waals surface area contributed by atoms with Crippen molar-refractivity contribution in [1.29, 1.82) is 0 Å². The topological polar surface area (TPSA) is 83.7 Å². The van der Waals surface area contributed by atoms with Gasteiger partial charge < -0.3 is 10.6 Å². The molecule has 7 heteroatoms. The minimum atomic E-state index is -3.58. The first-order valence-corrected chi connectivity index (χ1v) is 9.52. The van der Waals surface area contributed by atoms with Crippen molar-refractivity contribution in [2.75, 3.05) is 24.5 Å². The Kier molecular flexibility index (Phi) is 4.44. The fraction of sp³-hybridized carbons (Fsp3) is 0.562. The molecule has 1 saturated heterocycles. The quantitative estimate of drug-likeness (QED) is 0.895. The van der Waals surface area contributed by atoms with Crippen molar-refractivity contribution < 1.29 is 13.2 Å². The Morgan fingerprint density at radius 1 is 1.30 bits per heavy atom. The molecule has 0 spiro atoms. The van der Waals surface area contributed by atoms with Gasteiger partial charge in [-0.2, -0.15) is 4.31 Å². The number of anilines is 1. The first-order chi connectivity index (χ1) is 10.9. The molecule has 1 aromatic rings. The van der Waals surface area contributed by atoms with Gasteiger partial charge in [-0.15, -0.1) is 0 Å². The summed E-state index contributed by atoms with van der Waals surface area (Å²) in [6, 6.07) is 4.99. The third-order valence-electron chi connectivity index (χ3n) is 4.78. The number of nitrogens with two attached hydrogens (primary N) is 1. The van der Waals surface area contributed by atoms with Gasteiger partial charge >= 0.3 is 0 Å². The minimum Gasteiger partial charge on any atom is -0.329 e. The first-order valence-electron chi connectivity index (χ1n) is 8.08. The van der Waals surface area contributed by atoms with Crippen LogP contribution < -0.4 is 10.6 Å². The average molecular weight is 337 g/mol. The van der Waals surface area contributed by atoms with E-state index in [0.29, 0.717) is 19.6 Å². The molecule has 3 rings (SSSR count). The monoisotopic (exact) mass is 337 g/mol. The molecule has 0 radical (unpaired) electrons. The molecule has 0 aliphatic carbocycles. The maximum atomic E-state index is 13.0. The Morgan fingerprint density at radius 3 is 2.78 bits per heavy atom. The van der Waals surface area contributed by atoms with Crippen molar-refractivity contribution in [1.82, 2.24) is 4.31 Å². The lowest BCUT2D eigenvalue weighted by Crippen LogP contribution is -2.47. The predicted molar refractivity (Wildman–Crippen MR) is 88.8 cm³/mol. The van der Waals surface area contributed by atoms with Crippen molar-refractivity contribution in [3.8, 4) is 0 Å². The summed E-state index contributed by atoms with van der Waals surface area (Å²) in [5.74, 6) is -0.0592. The molecule has 1 amide bonds. The van der Waals surface area contributed by atoms with Crippen molar-refractivity contribution >= 4 is 21.6 Å². The number of hydrogen-bond acceptors (Lipinski definition) is 4. The van der Waals surface area contributed by atoms with Crippen LogP contribution in [0, 0.1) is 0 Å². The van der Waals surface area contributed by atoms with Crippen LogP contribution in [0.1, 0.15) is 31.7 Å². The second-order valence-corrected chi connectivity index (χ2v) is 8.10. The summed E-state index contributed by atoms with van der Waals surface area (Å²) >= 11 is 0. The maximum Gasteiger partial charge on any atom is 0.243 e. The number of sulfonamides is 1. The van der Waals surface area contributed by atoms with Gasteiger partial charge in [0.1, 0.15) is 0 Å². The molecule has 0 aromatic heterocycles. The van der Waals surface area contributed by atoms with Crippen LogP contribution in [0.4, 0.5) is 5.69 Å². The summed E-state index contributed by atoms with van der Waals surface area (Å²) in [6.45, 7) is 2.97. The molecule has 23 heavy (non-hydrogen) atoms. The zero-order valence-corrected chi connectivity index (χ0v) is 14.2. The van der Waals surface area contributed by atoms with Crippen LogP contribution in [0.3, 0.4) is 0 Å². The van der Waals surface area contributed by atoms with Crippen LogP contribution in [0.15, 0.2) is 23.1 Å². The highest BCUT2D eigenvalue weighted by Crippen LogP contribution is 2.33. The number of amides is 1. The van der Waals surface area contributed by atoms with Crippen molar-refractivity contribution in [2.45, 2.75) is 43.5 Å². The van der Waals surface area contributed by atoms with Gasteiger partial charge in [-0.3, -0.25) is 4.79 Å². The van der Waals surface area contributed by atoms with Crippen LogP contribution in [-0.2, 0) is 21.2 Å². The number of piperidine rings is 1. The highest BCUT2D eigenvalue weighted by molar-refractivity contribution is 7.89. The van der Waals surface area contributed by atoms with Crippen molar-refractivity contribution in [3.05, 3.63) is 23.8 Å². The van der Waals surface area contributed by atoms with E-state index < -0.39 is 10.0 Å². The van der Waals surface area contributed by atoms with Gasteiger partial charge in [0.15, 0.2) is 0 Å². The summed E-state index contributed by atoms with van der Waals surface area (Å²) in [5, 5.41) is 0. The predicted octanol–water partition coefficient (Wildman–Crippen LogP) is 1.10. The van der Waals surface area contributed by atoms with E-state index in [1.54, 1.807) is 17.0 Å². The molecule has 6 nitrogen and oxygen atoms in total. The Labute approximate surface area is 137 Å². The molecule has 2 aliphatic rings. The molecule has 0 saturated carbocycles. The number of fused-ring (bicyclic) bond motifs is 1. The van der Waals surface area contributed by atoms with Crippen molar-refractivity contribution in [2.24, 2.45) is 5.73 Å². The molecule has 1 atom stereocenters. The molecule has 1 fully saturated rings. The van der Waals surface area contributed by atoms with E-state index in [2.05, 4.69) is 0 Å². The summed E-state index contributed by atoms with van der Waals surface area (Å²) in [5.41, 5.74) is 7.50. The maximum absolute atomic E-state index is 13.0. The van der Waals surface area contributed by atoms with Gasteiger partial charge in [0, 0.05) is 38.3 Å². The van der Waals surface area contributed by atoms with Crippen LogP contribution >= 0.6 is 0 Å². The fourth-order valence-corrected chi connectivity index (χ4v) is 5.23. The van der Waals surface area contributed by atoms with Crippen LogP contribution in [0.25, 0.3) is 0 Å². The molecule has 1 aromatic carbocycles. The summed E-state index contributed by atoms with van der Waals surface area (Å²) in [6.07, 6.45) is 3.45. The smallest absolute Gasteiger partial charge is 0.243 e. The lowest BCUT2D eigenvalue weighted by molar-refractivity contribution is -0.116. The minimum absolute atomic E-state index is 0.0592. The van der Waals surface area contributed by atoms with Crippen LogP contribution in [-0.4, -0.2) is 44.3 Å². The number of carbonyl (C=O) groups excluding carboxylic acids is 1. The van der Waals surface area contributed by atoms with Gasteiger partial charge in [-0.25, -0.2) is 8.42 Å². The summed E-state index contributed by atoms with van der Waals surface area (Å²) in [4.78, 5) is 13.6. The van der Waals surface area contributed by atoms with Crippen LogP contribution in [0.2, 0.25) is 0 Å². The molecular formula is C16H23N3O3S. The van der Waals surface area contributed by atoms with Crippen LogP contribution in [0.5, 0.6) is 0 Å². The molecule has 2 heterocycles. The number of benzene rings is 1. The zero-order chi connectivity index (χ0) is 16.6. The third kappa shape index (κ3) is 2.88. The largest absolute Gasteiger partial charge is 0.329 e. The SMILES string of the molecule is CC(=O)N1CCc2ccc(S(=O)(=O)N3CCCC[C@@H]3CN)cc21. The standard InChI is InChI=1S/C16H23N3O3S/c1-12(20)18-9-7-13-5-6-15(10-16(13)18)23(21,22)19-8-3-2-4-14(19)11-17/h5-6,10,14H,2-4,7-9,11,17H2,1H3/t14-/m1/s1. The molecular weight excluding hydrogens is 314 g/mol. The van der Waals surface area contributed by atoms with E-state index in [-0.39, 0.29) is 16.8 Å². The van der Waals surface area contributed by atoms with E-state index in [1.165, 1.54) is 11.2 Å². The Balaban J connectivity index is 1.98. The number of carbonyl (C=O) groups is 1. The van der Waals surface area contributed by atoms with E-state index in [4.69, 9.17) is 5.73 Å². The highest BCUT2D eigenvalue weighted by Gasteiger charge is 2.34. The zero-order valence-electron chi connectivity index (χ0n) is 13.4. The molecule has 2 aliphatic heterocycles. The fourth-order valence-electron chi connectivity index (χ4n) is 3.51. The molecule has 2 N–H and O–H groups in total. The summed E-state index contributed by atoms with van der Waals surface area (Å²) in [7, 11) is -3.58. The van der Waals surface area contributed by atoms with Gasteiger partial charge in [0.25, 0.3) is 0 Å². The second-order valence-electron chi connectivity index (χ2n) is 6.21. The van der Waals surface area contributed by atoms with E-state index >= 15 is 0 Å².